The van der Waals surface area contributed by atoms with Crippen molar-refractivity contribution in [3.63, 3.8) is 0 Å². The van der Waals surface area contributed by atoms with E-state index in [2.05, 4.69) is 15.4 Å². The topological polar surface area (TPSA) is 96.5 Å². The summed E-state index contributed by atoms with van der Waals surface area (Å²) < 4.78 is 32.7. The molecule has 1 atom stereocenters. The van der Waals surface area contributed by atoms with Crippen molar-refractivity contribution < 1.29 is 17.9 Å². The summed E-state index contributed by atoms with van der Waals surface area (Å²) >= 11 is 5.15. The lowest BCUT2D eigenvalue weighted by Crippen LogP contribution is -2.35. The summed E-state index contributed by atoms with van der Waals surface area (Å²) in [5, 5.41) is 5.64. The number of thiocarbonyl (C=S) groups is 1. The molecule has 9 heteroatoms. The Balaban J connectivity index is 1.50. The van der Waals surface area contributed by atoms with Gasteiger partial charge in [0, 0.05) is 18.8 Å². The van der Waals surface area contributed by atoms with Gasteiger partial charge in [0.05, 0.1) is 17.4 Å². The molecule has 3 rings (SSSR count). The van der Waals surface area contributed by atoms with Crippen LogP contribution >= 0.6 is 12.2 Å². The number of sulfonamides is 1. The largest absolute Gasteiger partial charge is 0.377 e. The third-order valence-electron chi connectivity index (χ3n) is 4.41. The van der Waals surface area contributed by atoms with Crippen molar-refractivity contribution >= 4 is 38.9 Å². The second-order valence-electron chi connectivity index (χ2n) is 6.68. The highest BCUT2D eigenvalue weighted by Crippen LogP contribution is 2.16. The van der Waals surface area contributed by atoms with Gasteiger partial charge in [0.1, 0.15) is 0 Å². The molecule has 7 nitrogen and oxygen atoms in total. The minimum atomic E-state index is -3.61. The number of benzene rings is 2. The molecular weight excluding hydrogens is 410 g/mol. The van der Waals surface area contributed by atoms with Gasteiger partial charge in [0.25, 0.3) is 0 Å². The van der Waals surface area contributed by atoms with Crippen molar-refractivity contribution in [2.75, 3.05) is 18.5 Å². The fourth-order valence-electron chi connectivity index (χ4n) is 2.92. The van der Waals surface area contributed by atoms with Crippen molar-refractivity contribution in [1.82, 2.24) is 10.0 Å². The second kappa shape index (κ2) is 9.93. The lowest BCUT2D eigenvalue weighted by Gasteiger charge is -2.12. The van der Waals surface area contributed by atoms with Gasteiger partial charge in [-0.2, -0.15) is 0 Å². The first-order chi connectivity index (χ1) is 13.9. The van der Waals surface area contributed by atoms with Crippen LogP contribution in [0.25, 0.3) is 0 Å². The Kier molecular flexibility index (Phi) is 7.32. The first kappa shape index (κ1) is 21.4. The number of amides is 1. The zero-order valence-electron chi connectivity index (χ0n) is 15.8. The first-order valence-corrected chi connectivity index (χ1v) is 11.2. The molecule has 1 fully saturated rings. The lowest BCUT2D eigenvalue weighted by molar-refractivity contribution is -0.119. The zero-order chi connectivity index (χ0) is 20.7. The van der Waals surface area contributed by atoms with Crippen molar-refractivity contribution in [3.05, 3.63) is 60.2 Å². The minimum Gasteiger partial charge on any atom is -0.377 e. The van der Waals surface area contributed by atoms with Gasteiger partial charge >= 0.3 is 0 Å². The van der Waals surface area contributed by atoms with E-state index >= 15 is 0 Å². The molecule has 2 aromatic rings. The van der Waals surface area contributed by atoms with Gasteiger partial charge in [0.2, 0.25) is 15.9 Å². The number of hydrogen-bond acceptors (Lipinski definition) is 5. The van der Waals surface area contributed by atoms with E-state index in [1.54, 1.807) is 12.1 Å². The molecule has 1 aliphatic heterocycles. The second-order valence-corrected chi connectivity index (χ2v) is 8.85. The number of nitrogens with one attached hydrogen (secondary N) is 3. The van der Waals surface area contributed by atoms with E-state index in [0.717, 1.165) is 18.4 Å². The van der Waals surface area contributed by atoms with Gasteiger partial charge in [0.15, 0.2) is 5.11 Å². The highest BCUT2D eigenvalue weighted by Gasteiger charge is 2.20. The summed E-state index contributed by atoms with van der Waals surface area (Å²) in [6.45, 7) is 0.939. The fraction of sp³-hybridized carbons (Fsp3) is 0.300. The molecule has 0 radical (unpaired) electrons. The standard InChI is InChI=1S/C20H23N3O4S2/c24-19(13-15-5-2-1-3-6-15)23-20(28)22-16-8-10-18(11-9-16)29(25,26)21-14-17-7-4-12-27-17/h1-3,5-6,8-11,17,21H,4,7,12-14H2,(H2,22,23,24,28). The number of rotatable bonds is 7. The van der Waals surface area contributed by atoms with E-state index in [0.29, 0.717) is 12.3 Å². The maximum atomic E-state index is 12.4. The molecule has 154 valence electrons. The van der Waals surface area contributed by atoms with Crippen LogP contribution in [0.4, 0.5) is 5.69 Å². The van der Waals surface area contributed by atoms with Gasteiger partial charge < -0.3 is 15.4 Å². The highest BCUT2D eigenvalue weighted by molar-refractivity contribution is 7.89. The van der Waals surface area contributed by atoms with Crippen LogP contribution in [0, 0.1) is 0 Å². The van der Waals surface area contributed by atoms with Crippen molar-refractivity contribution in [2.45, 2.75) is 30.3 Å². The number of ether oxygens (including phenoxy) is 1. The molecule has 0 bridgehead atoms. The van der Waals surface area contributed by atoms with Crippen molar-refractivity contribution in [2.24, 2.45) is 0 Å². The zero-order valence-corrected chi connectivity index (χ0v) is 17.4. The van der Waals surface area contributed by atoms with Crippen LogP contribution in [0.5, 0.6) is 0 Å². The molecule has 0 spiro atoms. The van der Waals surface area contributed by atoms with E-state index in [-0.39, 0.29) is 35.0 Å². The lowest BCUT2D eigenvalue weighted by atomic mass is 10.1. The van der Waals surface area contributed by atoms with Crippen LogP contribution in [0.15, 0.2) is 59.5 Å². The minimum absolute atomic E-state index is 0.0671. The molecule has 1 unspecified atom stereocenters. The van der Waals surface area contributed by atoms with Crippen LogP contribution in [0.3, 0.4) is 0 Å². The highest BCUT2D eigenvalue weighted by atomic mass is 32.2. The fourth-order valence-corrected chi connectivity index (χ4v) is 4.22. The molecule has 29 heavy (non-hydrogen) atoms. The van der Waals surface area contributed by atoms with Crippen molar-refractivity contribution in [3.8, 4) is 0 Å². The Morgan fingerprint density at radius 3 is 2.48 bits per heavy atom. The van der Waals surface area contributed by atoms with E-state index in [4.69, 9.17) is 17.0 Å². The molecular formula is C20H23N3O4S2. The van der Waals surface area contributed by atoms with Crippen LogP contribution in [0.2, 0.25) is 0 Å². The Morgan fingerprint density at radius 1 is 1.10 bits per heavy atom. The van der Waals surface area contributed by atoms with E-state index in [1.165, 1.54) is 12.1 Å². The number of anilines is 1. The normalized spacial score (nSPS) is 16.3. The molecule has 2 aromatic carbocycles. The molecule has 0 aliphatic carbocycles. The summed E-state index contributed by atoms with van der Waals surface area (Å²) in [6.07, 6.45) is 1.96. The van der Waals surface area contributed by atoms with Crippen LogP contribution in [-0.2, 0) is 26.0 Å². The summed E-state index contributed by atoms with van der Waals surface area (Å²) in [6, 6.07) is 15.5. The number of carbonyl (C=O) groups excluding carboxylic acids is 1. The van der Waals surface area contributed by atoms with Gasteiger partial charge in [-0.3, -0.25) is 4.79 Å². The van der Waals surface area contributed by atoms with Crippen LogP contribution < -0.4 is 15.4 Å². The predicted molar refractivity (Wildman–Crippen MR) is 115 cm³/mol. The summed E-state index contributed by atoms with van der Waals surface area (Å²) in [5.74, 6) is -0.230. The quantitative estimate of drug-likeness (QED) is 0.580. The Morgan fingerprint density at radius 2 is 1.83 bits per heavy atom. The van der Waals surface area contributed by atoms with Gasteiger partial charge in [-0.1, -0.05) is 30.3 Å². The maximum Gasteiger partial charge on any atom is 0.240 e. The monoisotopic (exact) mass is 433 g/mol. The van der Waals surface area contributed by atoms with Crippen molar-refractivity contribution in [1.29, 1.82) is 0 Å². The molecule has 3 N–H and O–H groups in total. The van der Waals surface area contributed by atoms with Crippen LogP contribution in [0.1, 0.15) is 18.4 Å². The maximum absolute atomic E-state index is 12.4. The molecule has 1 saturated heterocycles. The summed E-state index contributed by atoms with van der Waals surface area (Å²) in [5.41, 5.74) is 1.46. The first-order valence-electron chi connectivity index (χ1n) is 9.28. The van der Waals surface area contributed by atoms with Gasteiger partial charge in [-0.15, -0.1) is 0 Å². The Hall–Kier alpha value is -2.33. The van der Waals surface area contributed by atoms with Gasteiger partial charge in [-0.25, -0.2) is 13.1 Å². The molecule has 0 aromatic heterocycles. The Labute approximate surface area is 175 Å². The van der Waals surface area contributed by atoms with E-state index < -0.39 is 10.0 Å². The smallest absolute Gasteiger partial charge is 0.240 e. The number of hydrogen-bond donors (Lipinski definition) is 3. The predicted octanol–water partition coefficient (Wildman–Crippen LogP) is 2.20. The van der Waals surface area contributed by atoms with E-state index in [1.807, 2.05) is 30.3 Å². The SMILES string of the molecule is O=C(Cc1ccccc1)NC(=S)Nc1ccc(S(=O)(=O)NCC2CCCO2)cc1. The third-order valence-corrected chi connectivity index (χ3v) is 6.05. The third kappa shape index (κ3) is 6.60. The molecule has 1 heterocycles. The Bertz CT molecular complexity index is 941. The summed E-state index contributed by atoms with van der Waals surface area (Å²) in [7, 11) is -3.61. The van der Waals surface area contributed by atoms with Gasteiger partial charge in [-0.05, 0) is 54.9 Å². The molecule has 0 saturated carbocycles. The van der Waals surface area contributed by atoms with E-state index in [9.17, 15) is 13.2 Å². The van der Waals surface area contributed by atoms with Crippen LogP contribution in [-0.4, -0.2) is 38.7 Å². The summed E-state index contributed by atoms with van der Waals surface area (Å²) in [4.78, 5) is 12.2. The average Bonchev–Trinajstić information content (AvgIpc) is 3.21. The molecule has 1 amide bonds. The average molecular weight is 434 g/mol. The molecule has 1 aliphatic rings. The number of carbonyl (C=O) groups is 1.